The lowest BCUT2D eigenvalue weighted by Gasteiger charge is -2.34. The van der Waals surface area contributed by atoms with Crippen LogP contribution in [0.2, 0.25) is 0 Å². The summed E-state index contributed by atoms with van der Waals surface area (Å²) in [6.07, 6.45) is 3.49. The maximum Gasteiger partial charge on any atom is 0.276 e. The minimum Gasteiger partial charge on any atom is -0.349 e. The van der Waals surface area contributed by atoms with Crippen molar-refractivity contribution >= 4 is 22.8 Å². The molecule has 4 fully saturated rings. The van der Waals surface area contributed by atoms with E-state index in [0.29, 0.717) is 35.4 Å². The molecular weight excluding hydrogens is 568 g/mol. The number of fused-ring (bicyclic) bond motifs is 1. The van der Waals surface area contributed by atoms with Crippen molar-refractivity contribution in [3.8, 4) is 0 Å². The van der Waals surface area contributed by atoms with E-state index in [-0.39, 0.29) is 67.5 Å². The number of hydrogen-bond acceptors (Lipinski definition) is 6. The topological polar surface area (TPSA) is 126 Å². The fourth-order valence-corrected chi connectivity index (χ4v) is 6.81. The van der Waals surface area contributed by atoms with Gasteiger partial charge in [0.15, 0.2) is 5.69 Å². The lowest BCUT2D eigenvalue weighted by atomic mass is 9.79. The van der Waals surface area contributed by atoms with E-state index >= 15 is 0 Å². The zero-order valence-electron chi connectivity index (χ0n) is 23.6. The van der Waals surface area contributed by atoms with Crippen LogP contribution in [0.4, 0.5) is 17.6 Å². The van der Waals surface area contributed by atoms with Gasteiger partial charge >= 0.3 is 0 Å². The highest BCUT2D eigenvalue weighted by atomic mass is 19.3. The summed E-state index contributed by atoms with van der Waals surface area (Å²) in [6, 6.07) is 4.47. The molecule has 43 heavy (non-hydrogen) atoms. The minimum absolute atomic E-state index is 0.0714. The van der Waals surface area contributed by atoms with E-state index in [2.05, 4.69) is 25.9 Å². The van der Waals surface area contributed by atoms with Gasteiger partial charge < -0.3 is 15.6 Å². The zero-order valence-corrected chi connectivity index (χ0v) is 23.6. The van der Waals surface area contributed by atoms with E-state index in [9.17, 15) is 27.2 Å². The third kappa shape index (κ3) is 6.12. The number of H-pyrrole nitrogens is 1. The molecule has 2 unspecified atom stereocenters. The summed E-state index contributed by atoms with van der Waals surface area (Å²) in [5.41, 5.74) is 2.65. The number of aromatic amines is 1. The number of carbonyl (C=O) groups is 2. The van der Waals surface area contributed by atoms with Crippen molar-refractivity contribution in [1.29, 1.82) is 0 Å². The Kier molecular flexibility index (Phi) is 6.96. The number of nitrogens with one attached hydrogen (secondary N) is 3. The summed E-state index contributed by atoms with van der Waals surface area (Å²) >= 11 is 0. The summed E-state index contributed by atoms with van der Waals surface area (Å²) in [4.78, 5) is 34.0. The number of halogens is 4. The van der Waals surface area contributed by atoms with Gasteiger partial charge in [0.05, 0.1) is 23.1 Å². The first kappa shape index (κ1) is 28.3. The molecule has 2 heterocycles. The van der Waals surface area contributed by atoms with E-state index in [1.54, 1.807) is 6.07 Å². The molecule has 3 aromatic rings. The highest BCUT2D eigenvalue weighted by Gasteiger charge is 2.46. The number of alkyl halides is 4. The quantitative estimate of drug-likeness (QED) is 0.240. The van der Waals surface area contributed by atoms with Crippen molar-refractivity contribution in [3.05, 3.63) is 41.0 Å². The van der Waals surface area contributed by atoms with Gasteiger partial charge in [0.2, 0.25) is 17.8 Å². The van der Waals surface area contributed by atoms with Gasteiger partial charge in [0.1, 0.15) is 11.5 Å². The summed E-state index contributed by atoms with van der Waals surface area (Å²) in [7, 11) is 0. The number of aromatic nitrogens is 4. The monoisotopic (exact) mass is 602 g/mol. The molecule has 3 atom stereocenters. The summed E-state index contributed by atoms with van der Waals surface area (Å²) in [5.74, 6) is -6.42. The third-order valence-corrected chi connectivity index (χ3v) is 9.37. The molecule has 4 aliphatic rings. The molecule has 1 aromatic carbocycles. The number of carbonyl (C=O) groups excluding carboxylic acids is 2. The van der Waals surface area contributed by atoms with Gasteiger partial charge in [-0.2, -0.15) is 0 Å². The Balaban J connectivity index is 1.13. The van der Waals surface area contributed by atoms with Crippen LogP contribution in [-0.4, -0.2) is 43.9 Å². The molecule has 3 N–H and O–H groups in total. The van der Waals surface area contributed by atoms with Crippen LogP contribution in [0.1, 0.15) is 116 Å². The van der Waals surface area contributed by atoms with Crippen LogP contribution >= 0.6 is 0 Å². The Morgan fingerprint density at radius 3 is 2.44 bits per heavy atom. The number of amides is 2. The number of benzene rings is 1. The first-order valence-corrected chi connectivity index (χ1v) is 15.2. The molecule has 0 radical (unpaired) electrons. The maximum absolute atomic E-state index is 14.5. The molecule has 0 saturated heterocycles. The molecule has 2 aromatic heterocycles. The van der Waals surface area contributed by atoms with E-state index in [1.807, 2.05) is 12.1 Å². The molecule has 230 valence electrons. The highest BCUT2D eigenvalue weighted by molar-refractivity contribution is 5.93. The van der Waals surface area contributed by atoms with Gasteiger partial charge in [-0.1, -0.05) is 11.2 Å². The van der Waals surface area contributed by atoms with E-state index in [1.165, 1.54) is 0 Å². The van der Waals surface area contributed by atoms with Crippen molar-refractivity contribution in [2.75, 3.05) is 0 Å². The first-order valence-electron chi connectivity index (χ1n) is 15.2. The van der Waals surface area contributed by atoms with Crippen LogP contribution in [0.25, 0.3) is 11.0 Å². The van der Waals surface area contributed by atoms with E-state index in [4.69, 9.17) is 9.61 Å². The van der Waals surface area contributed by atoms with Crippen LogP contribution in [0.3, 0.4) is 0 Å². The van der Waals surface area contributed by atoms with Crippen LogP contribution in [0.15, 0.2) is 22.8 Å². The second-order valence-electron chi connectivity index (χ2n) is 13.1. The summed E-state index contributed by atoms with van der Waals surface area (Å²) < 4.78 is 60.4. The molecule has 4 aliphatic carbocycles. The largest absolute Gasteiger partial charge is 0.349 e. The highest BCUT2D eigenvalue weighted by Crippen LogP contribution is 2.46. The molecule has 0 aliphatic heterocycles. The van der Waals surface area contributed by atoms with Crippen LogP contribution in [-0.2, 0) is 4.79 Å². The Labute approximate surface area is 244 Å². The average Bonchev–Trinajstić information content (AvgIpc) is 3.86. The fourth-order valence-electron chi connectivity index (χ4n) is 6.81. The fraction of sp³-hybridized carbons (Fsp3) is 0.633. The van der Waals surface area contributed by atoms with Crippen molar-refractivity contribution in [2.45, 2.75) is 100 Å². The van der Waals surface area contributed by atoms with Crippen molar-refractivity contribution in [3.63, 3.8) is 0 Å². The van der Waals surface area contributed by atoms with Gasteiger partial charge in [-0.25, -0.2) is 27.2 Å². The van der Waals surface area contributed by atoms with Crippen LogP contribution in [0.5, 0.6) is 0 Å². The summed E-state index contributed by atoms with van der Waals surface area (Å²) in [6.45, 7) is 0. The Bertz CT molecular complexity index is 1520. The molecule has 0 bridgehead atoms. The lowest BCUT2D eigenvalue weighted by Crippen LogP contribution is -2.39. The number of nitrogens with zero attached hydrogens (tertiary/aromatic N) is 3. The normalized spacial score (nSPS) is 24.7. The second kappa shape index (κ2) is 10.6. The van der Waals surface area contributed by atoms with E-state index in [0.717, 1.165) is 31.2 Å². The SMILES string of the molecule is O=C(CC1CC(F)(F)C1)NC(c1ccc2nc(C(NC(=O)c3nonc3C3CC3)[C@H]3CCCC(F)(F)C3)[nH]c2c1)C1CC1. The predicted molar refractivity (Wildman–Crippen MR) is 145 cm³/mol. The Morgan fingerprint density at radius 1 is 0.953 bits per heavy atom. The molecule has 7 rings (SSSR count). The molecule has 4 saturated carbocycles. The van der Waals surface area contributed by atoms with Gasteiger partial charge in [0, 0.05) is 38.0 Å². The Hall–Kier alpha value is -3.51. The second-order valence-corrected chi connectivity index (χ2v) is 13.1. The standard InChI is InChI=1S/C30H34F4N6O3/c31-29(32)9-1-2-19(14-29)25(38-28(42)26-24(17-5-6-17)39-43-40-26)27-35-20-8-7-18(11-21(20)36-27)23(16-3-4-16)37-22(41)10-15-12-30(33,34)13-15/h7-8,11,15-17,19,23,25H,1-6,9-10,12-14H2,(H,35,36)(H,37,41)(H,38,42)/t19-,23?,25?/m0/s1. The van der Waals surface area contributed by atoms with E-state index < -0.39 is 29.7 Å². The van der Waals surface area contributed by atoms with Gasteiger partial charge in [-0.15, -0.1) is 0 Å². The van der Waals surface area contributed by atoms with Crippen molar-refractivity contribution < 1.29 is 31.8 Å². The maximum atomic E-state index is 14.5. The third-order valence-electron chi connectivity index (χ3n) is 9.37. The average molecular weight is 603 g/mol. The van der Waals surface area contributed by atoms with Gasteiger partial charge in [-0.05, 0) is 79.1 Å². The minimum atomic E-state index is -2.84. The number of rotatable bonds is 10. The zero-order chi connectivity index (χ0) is 29.9. The molecular formula is C30H34F4N6O3. The first-order chi connectivity index (χ1) is 20.5. The Morgan fingerprint density at radius 2 is 1.74 bits per heavy atom. The van der Waals surface area contributed by atoms with Crippen molar-refractivity contribution in [1.82, 2.24) is 30.9 Å². The predicted octanol–water partition coefficient (Wildman–Crippen LogP) is 6.12. The lowest BCUT2D eigenvalue weighted by molar-refractivity contribution is -0.134. The molecule has 13 heteroatoms. The molecule has 2 amide bonds. The molecule has 0 spiro atoms. The number of hydrogen-bond donors (Lipinski definition) is 3. The van der Waals surface area contributed by atoms with Crippen LogP contribution < -0.4 is 10.6 Å². The van der Waals surface area contributed by atoms with Crippen LogP contribution in [0, 0.1) is 17.8 Å². The van der Waals surface area contributed by atoms with Crippen molar-refractivity contribution in [2.24, 2.45) is 17.8 Å². The van der Waals surface area contributed by atoms with Gasteiger partial charge in [-0.3, -0.25) is 9.59 Å². The number of imidazole rings is 1. The smallest absolute Gasteiger partial charge is 0.276 e. The summed E-state index contributed by atoms with van der Waals surface area (Å²) in [5, 5.41) is 13.7. The molecule has 9 nitrogen and oxygen atoms in total. The van der Waals surface area contributed by atoms with Gasteiger partial charge in [0.25, 0.3) is 5.91 Å².